The fraction of sp³-hybridized carbons (Fsp3) is 0.800. The molecule has 1 amide bonds. The van der Waals surface area contributed by atoms with Gasteiger partial charge < -0.3 is 16.2 Å². The van der Waals surface area contributed by atoms with Crippen LogP contribution in [0.15, 0.2) is 0 Å². The Morgan fingerprint density at radius 1 is 1.40 bits per heavy atom. The van der Waals surface area contributed by atoms with Crippen molar-refractivity contribution in [2.45, 2.75) is 45.7 Å². The number of carbonyl (C=O) groups is 2. The van der Waals surface area contributed by atoms with E-state index < -0.39 is 24.0 Å². The Hall–Kier alpha value is -1.10. The van der Waals surface area contributed by atoms with Gasteiger partial charge in [0.05, 0.1) is 6.04 Å². The Labute approximate surface area is 90.0 Å². The zero-order valence-electron chi connectivity index (χ0n) is 9.49. The Kier molecular flexibility index (Phi) is 5.93. The first kappa shape index (κ1) is 13.9. The summed E-state index contributed by atoms with van der Waals surface area (Å²) in [7, 11) is 0. The highest BCUT2D eigenvalue weighted by Gasteiger charge is 2.21. The molecule has 0 aliphatic heterocycles. The first-order chi connectivity index (χ1) is 6.88. The van der Waals surface area contributed by atoms with Gasteiger partial charge in [-0.25, -0.2) is 4.79 Å². The number of rotatable bonds is 6. The van der Waals surface area contributed by atoms with E-state index in [1.165, 1.54) is 0 Å². The smallest absolute Gasteiger partial charge is 0.326 e. The summed E-state index contributed by atoms with van der Waals surface area (Å²) in [6, 6.07) is -1.46. The average molecular weight is 216 g/mol. The van der Waals surface area contributed by atoms with Crippen LogP contribution in [-0.2, 0) is 9.59 Å². The van der Waals surface area contributed by atoms with Crippen molar-refractivity contribution in [2.24, 2.45) is 11.7 Å². The van der Waals surface area contributed by atoms with Crippen molar-refractivity contribution in [2.75, 3.05) is 0 Å². The predicted octanol–water partition coefficient (Wildman–Crippen LogP) is 0.339. The minimum absolute atomic E-state index is 0.315. The summed E-state index contributed by atoms with van der Waals surface area (Å²) in [5.74, 6) is -1.10. The van der Waals surface area contributed by atoms with E-state index in [1.54, 1.807) is 6.92 Å². The van der Waals surface area contributed by atoms with Crippen molar-refractivity contribution >= 4 is 11.9 Å². The third kappa shape index (κ3) is 5.37. The van der Waals surface area contributed by atoms with Crippen LogP contribution in [-0.4, -0.2) is 29.1 Å². The molecule has 0 heterocycles. The van der Waals surface area contributed by atoms with E-state index in [0.29, 0.717) is 18.8 Å². The third-order valence-electron chi connectivity index (χ3n) is 2.08. The van der Waals surface area contributed by atoms with E-state index in [9.17, 15) is 9.59 Å². The van der Waals surface area contributed by atoms with Gasteiger partial charge in [0, 0.05) is 0 Å². The Balaban J connectivity index is 4.16. The van der Waals surface area contributed by atoms with Crippen LogP contribution in [0.4, 0.5) is 0 Å². The molecule has 0 rings (SSSR count). The maximum absolute atomic E-state index is 11.5. The van der Waals surface area contributed by atoms with Crippen LogP contribution >= 0.6 is 0 Å². The largest absolute Gasteiger partial charge is 0.480 e. The number of hydrogen-bond donors (Lipinski definition) is 3. The number of aliphatic carboxylic acids is 1. The molecule has 0 spiro atoms. The number of hydrogen-bond acceptors (Lipinski definition) is 3. The number of carboxylic acid groups (broad SMARTS) is 1. The topological polar surface area (TPSA) is 92.4 Å². The predicted molar refractivity (Wildman–Crippen MR) is 57.3 cm³/mol. The monoisotopic (exact) mass is 216 g/mol. The van der Waals surface area contributed by atoms with E-state index >= 15 is 0 Å². The van der Waals surface area contributed by atoms with Gasteiger partial charge in [0.2, 0.25) is 5.91 Å². The maximum Gasteiger partial charge on any atom is 0.326 e. The molecule has 0 aromatic carbocycles. The molecule has 0 saturated heterocycles. The van der Waals surface area contributed by atoms with E-state index in [-0.39, 0.29) is 0 Å². The maximum atomic E-state index is 11.5. The molecule has 5 heteroatoms. The van der Waals surface area contributed by atoms with E-state index in [4.69, 9.17) is 10.8 Å². The number of nitrogens with one attached hydrogen (secondary N) is 1. The number of carbonyl (C=O) groups excluding carboxylic acids is 1. The lowest BCUT2D eigenvalue weighted by atomic mass is 10.0. The molecule has 88 valence electrons. The van der Waals surface area contributed by atoms with Crippen molar-refractivity contribution in [3.8, 4) is 0 Å². The highest BCUT2D eigenvalue weighted by atomic mass is 16.4. The summed E-state index contributed by atoms with van der Waals surface area (Å²) >= 11 is 0. The molecule has 0 aromatic heterocycles. The lowest BCUT2D eigenvalue weighted by Gasteiger charge is -2.17. The Morgan fingerprint density at radius 3 is 2.27 bits per heavy atom. The number of carboxylic acids is 1. The average Bonchev–Trinajstić information content (AvgIpc) is 2.11. The fourth-order valence-electron chi connectivity index (χ4n) is 1.23. The summed E-state index contributed by atoms with van der Waals surface area (Å²) in [6.07, 6.45) is 0.914. The van der Waals surface area contributed by atoms with Crippen LogP contribution in [0.5, 0.6) is 0 Å². The van der Waals surface area contributed by atoms with Crippen LogP contribution in [0.1, 0.15) is 33.6 Å². The second-order valence-corrected chi connectivity index (χ2v) is 4.04. The van der Waals surface area contributed by atoms with Gasteiger partial charge in [-0.05, 0) is 18.8 Å². The zero-order valence-corrected chi connectivity index (χ0v) is 9.49. The number of amides is 1. The first-order valence-electron chi connectivity index (χ1n) is 5.17. The fourth-order valence-corrected chi connectivity index (χ4v) is 1.23. The van der Waals surface area contributed by atoms with Gasteiger partial charge in [-0.1, -0.05) is 20.8 Å². The first-order valence-corrected chi connectivity index (χ1v) is 5.17. The van der Waals surface area contributed by atoms with Crippen LogP contribution in [0.2, 0.25) is 0 Å². The van der Waals surface area contributed by atoms with Gasteiger partial charge >= 0.3 is 5.97 Å². The quantitative estimate of drug-likeness (QED) is 0.597. The van der Waals surface area contributed by atoms with Crippen LogP contribution in [0.3, 0.4) is 0 Å². The minimum atomic E-state index is -1.03. The molecule has 0 fully saturated rings. The number of nitrogens with two attached hydrogens (primary N) is 1. The SMILES string of the molecule is CC[C@H](NC(=O)C(N)CC(C)C)C(=O)O. The van der Waals surface area contributed by atoms with Gasteiger partial charge in [-0.3, -0.25) is 4.79 Å². The molecule has 5 nitrogen and oxygen atoms in total. The van der Waals surface area contributed by atoms with Gasteiger partial charge in [0.1, 0.15) is 6.04 Å². The summed E-state index contributed by atoms with van der Waals surface area (Å²) in [4.78, 5) is 22.1. The standard InChI is InChI=1S/C10H20N2O3/c1-4-8(10(14)15)12-9(13)7(11)5-6(2)3/h6-8H,4-5,11H2,1-3H3,(H,12,13)(H,14,15)/t7?,8-/m0/s1. The van der Waals surface area contributed by atoms with Crippen LogP contribution < -0.4 is 11.1 Å². The molecule has 0 aromatic rings. The molecular weight excluding hydrogens is 196 g/mol. The van der Waals surface area contributed by atoms with Crippen molar-refractivity contribution in [1.29, 1.82) is 0 Å². The van der Waals surface area contributed by atoms with E-state index in [0.717, 1.165) is 0 Å². The van der Waals surface area contributed by atoms with Crippen molar-refractivity contribution in [1.82, 2.24) is 5.32 Å². The Bertz CT molecular complexity index is 229. The van der Waals surface area contributed by atoms with Crippen molar-refractivity contribution < 1.29 is 14.7 Å². The van der Waals surface area contributed by atoms with Crippen LogP contribution in [0, 0.1) is 5.92 Å². The molecular formula is C10H20N2O3. The van der Waals surface area contributed by atoms with Gasteiger partial charge in [0.15, 0.2) is 0 Å². The van der Waals surface area contributed by atoms with Gasteiger partial charge in [-0.2, -0.15) is 0 Å². The van der Waals surface area contributed by atoms with Crippen molar-refractivity contribution in [3.05, 3.63) is 0 Å². The lowest BCUT2D eigenvalue weighted by molar-refractivity contribution is -0.142. The normalized spacial score (nSPS) is 14.7. The summed E-state index contributed by atoms with van der Waals surface area (Å²) in [5, 5.41) is 11.1. The summed E-state index contributed by atoms with van der Waals surface area (Å²) < 4.78 is 0. The Morgan fingerprint density at radius 2 is 1.93 bits per heavy atom. The van der Waals surface area contributed by atoms with E-state index in [1.807, 2.05) is 13.8 Å². The molecule has 4 N–H and O–H groups in total. The molecule has 0 bridgehead atoms. The second kappa shape index (κ2) is 6.40. The highest BCUT2D eigenvalue weighted by molar-refractivity contribution is 5.86. The molecule has 2 atom stereocenters. The zero-order chi connectivity index (χ0) is 12.0. The molecule has 0 aliphatic carbocycles. The van der Waals surface area contributed by atoms with Gasteiger partial charge in [-0.15, -0.1) is 0 Å². The van der Waals surface area contributed by atoms with Crippen molar-refractivity contribution in [3.63, 3.8) is 0 Å². The lowest BCUT2D eigenvalue weighted by Crippen LogP contribution is -2.48. The molecule has 0 saturated carbocycles. The third-order valence-corrected chi connectivity index (χ3v) is 2.08. The molecule has 15 heavy (non-hydrogen) atoms. The van der Waals surface area contributed by atoms with Gasteiger partial charge in [0.25, 0.3) is 0 Å². The molecule has 0 radical (unpaired) electrons. The molecule has 1 unspecified atom stereocenters. The summed E-state index contributed by atoms with van der Waals surface area (Å²) in [5.41, 5.74) is 5.62. The van der Waals surface area contributed by atoms with E-state index in [2.05, 4.69) is 5.32 Å². The summed E-state index contributed by atoms with van der Waals surface area (Å²) in [6.45, 7) is 5.62. The van der Waals surface area contributed by atoms with Crippen LogP contribution in [0.25, 0.3) is 0 Å². The highest BCUT2D eigenvalue weighted by Crippen LogP contribution is 2.03. The molecule has 0 aliphatic rings. The minimum Gasteiger partial charge on any atom is -0.480 e. The second-order valence-electron chi connectivity index (χ2n) is 4.04.